The molecule has 0 radical (unpaired) electrons. The molecule has 6 heteroatoms. The number of hydrogen-bond acceptors (Lipinski definition) is 3. The first-order chi connectivity index (χ1) is 5.63. The maximum Gasteiger partial charge on any atom is 0.407 e. The van der Waals surface area contributed by atoms with E-state index in [2.05, 4.69) is 5.32 Å². The maximum atomic E-state index is 10.8. The molecule has 0 spiro atoms. The molecule has 1 heterocycles. The van der Waals surface area contributed by atoms with Gasteiger partial charge in [-0.2, -0.15) is 0 Å². The predicted octanol–water partition coefficient (Wildman–Crippen LogP) is -1.54. The fraction of sp³-hybridized carbons (Fsp3) is 0.667. The third-order valence-electron chi connectivity index (χ3n) is 1.63. The fourth-order valence-corrected chi connectivity index (χ4v) is 1.07. The Kier molecular flexibility index (Phi) is 2.49. The van der Waals surface area contributed by atoms with Crippen molar-refractivity contribution in [2.24, 2.45) is 0 Å². The molecule has 1 saturated heterocycles. The van der Waals surface area contributed by atoms with Gasteiger partial charge in [0.25, 0.3) is 0 Å². The van der Waals surface area contributed by atoms with Gasteiger partial charge in [0.05, 0.1) is 12.6 Å². The van der Waals surface area contributed by atoms with Crippen molar-refractivity contribution in [1.82, 2.24) is 10.2 Å². The second kappa shape index (κ2) is 3.40. The van der Waals surface area contributed by atoms with Gasteiger partial charge < -0.3 is 15.5 Å². The van der Waals surface area contributed by atoms with Crippen molar-refractivity contribution in [2.75, 3.05) is 19.7 Å². The summed E-state index contributed by atoms with van der Waals surface area (Å²) in [6, 6.07) is -0.470. The van der Waals surface area contributed by atoms with Crippen LogP contribution in [0.1, 0.15) is 0 Å². The van der Waals surface area contributed by atoms with Crippen molar-refractivity contribution in [3.05, 3.63) is 0 Å². The van der Waals surface area contributed by atoms with E-state index in [9.17, 15) is 9.59 Å². The summed E-state index contributed by atoms with van der Waals surface area (Å²) in [7, 11) is 0. The standard InChI is InChI=1S/C6H10N2O4/c9-3-4-1-8(6(11)12)2-5(10)7-4/h4,9H,1-3H2,(H,7,10)(H,11,12). The van der Waals surface area contributed by atoms with Gasteiger partial charge in [0.1, 0.15) is 6.54 Å². The summed E-state index contributed by atoms with van der Waals surface area (Å²) in [5.41, 5.74) is 0. The number of nitrogens with zero attached hydrogens (tertiary/aromatic N) is 1. The monoisotopic (exact) mass is 174 g/mol. The molecule has 0 bridgehead atoms. The Bertz CT molecular complexity index is 206. The van der Waals surface area contributed by atoms with Gasteiger partial charge in [-0.05, 0) is 0 Å². The molecule has 0 aliphatic carbocycles. The molecule has 0 aromatic rings. The van der Waals surface area contributed by atoms with Crippen molar-refractivity contribution in [3.8, 4) is 0 Å². The average molecular weight is 174 g/mol. The summed E-state index contributed by atoms with van der Waals surface area (Å²) in [6.45, 7) is -0.237. The lowest BCUT2D eigenvalue weighted by Gasteiger charge is -2.29. The van der Waals surface area contributed by atoms with E-state index >= 15 is 0 Å². The number of carbonyl (C=O) groups excluding carboxylic acids is 1. The smallest absolute Gasteiger partial charge is 0.407 e. The Morgan fingerprint density at radius 1 is 1.75 bits per heavy atom. The van der Waals surface area contributed by atoms with E-state index < -0.39 is 12.1 Å². The van der Waals surface area contributed by atoms with Crippen molar-refractivity contribution in [2.45, 2.75) is 6.04 Å². The molecule has 6 nitrogen and oxygen atoms in total. The first-order valence-corrected chi connectivity index (χ1v) is 3.51. The molecule has 0 aromatic heterocycles. The summed E-state index contributed by atoms with van der Waals surface area (Å²) in [4.78, 5) is 22.2. The van der Waals surface area contributed by atoms with Gasteiger partial charge in [-0.25, -0.2) is 4.79 Å². The van der Waals surface area contributed by atoms with Crippen LogP contribution < -0.4 is 5.32 Å². The molecule has 1 aliphatic rings. The highest BCUT2D eigenvalue weighted by Gasteiger charge is 2.26. The van der Waals surface area contributed by atoms with Crippen LogP contribution in [-0.2, 0) is 4.79 Å². The summed E-state index contributed by atoms with van der Waals surface area (Å²) in [5, 5.41) is 19.7. The Morgan fingerprint density at radius 2 is 2.42 bits per heavy atom. The van der Waals surface area contributed by atoms with Gasteiger partial charge in [0, 0.05) is 6.54 Å². The Hall–Kier alpha value is -1.30. The van der Waals surface area contributed by atoms with Crippen LogP contribution in [0.15, 0.2) is 0 Å². The zero-order valence-electron chi connectivity index (χ0n) is 6.36. The number of amides is 2. The Labute approximate surface area is 68.8 Å². The first kappa shape index (κ1) is 8.79. The zero-order chi connectivity index (χ0) is 9.14. The van der Waals surface area contributed by atoms with Crippen molar-refractivity contribution in [3.63, 3.8) is 0 Å². The van der Waals surface area contributed by atoms with Crippen LogP contribution in [0.5, 0.6) is 0 Å². The molecule has 0 saturated carbocycles. The number of aliphatic hydroxyl groups excluding tert-OH is 1. The van der Waals surface area contributed by atoms with Crippen LogP contribution >= 0.6 is 0 Å². The van der Waals surface area contributed by atoms with Gasteiger partial charge in [-0.1, -0.05) is 0 Å². The topological polar surface area (TPSA) is 89.9 Å². The molecule has 1 aliphatic heterocycles. The SMILES string of the molecule is O=C1CN(C(=O)O)CC(CO)N1. The van der Waals surface area contributed by atoms with Crippen molar-refractivity contribution >= 4 is 12.0 Å². The van der Waals surface area contributed by atoms with Crippen LogP contribution in [0.4, 0.5) is 4.79 Å². The molecule has 12 heavy (non-hydrogen) atoms. The van der Waals surface area contributed by atoms with Gasteiger partial charge >= 0.3 is 6.09 Å². The summed E-state index contributed by atoms with van der Waals surface area (Å²) in [5.74, 6) is -0.372. The average Bonchev–Trinajstić information content (AvgIpc) is 2.03. The third-order valence-corrected chi connectivity index (χ3v) is 1.63. The molecule has 1 atom stereocenters. The van der Waals surface area contributed by atoms with Crippen molar-refractivity contribution < 1.29 is 19.8 Å². The second-order valence-corrected chi connectivity index (χ2v) is 2.61. The van der Waals surface area contributed by atoms with Crippen LogP contribution in [0.25, 0.3) is 0 Å². The van der Waals surface area contributed by atoms with Gasteiger partial charge in [-0.3, -0.25) is 9.69 Å². The number of aliphatic hydroxyl groups is 1. The first-order valence-electron chi connectivity index (χ1n) is 3.51. The molecule has 2 amide bonds. The van der Waals surface area contributed by atoms with E-state index in [1.165, 1.54) is 0 Å². The van der Waals surface area contributed by atoms with Crippen LogP contribution in [0.2, 0.25) is 0 Å². The highest BCUT2D eigenvalue weighted by atomic mass is 16.4. The molecule has 1 rings (SSSR count). The lowest BCUT2D eigenvalue weighted by molar-refractivity contribution is -0.125. The van der Waals surface area contributed by atoms with E-state index in [4.69, 9.17) is 10.2 Å². The summed E-state index contributed by atoms with van der Waals surface area (Å²) < 4.78 is 0. The van der Waals surface area contributed by atoms with E-state index in [1.54, 1.807) is 0 Å². The molecule has 1 fully saturated rings. The lowest BCUT2D eigenvalue weighted by Crippen LogP contribution is -2.56. The van der Waals surface area contributed by atoms with Crippen molar-refractivity contribution in [1.29, 1.82) is 0 Å². The van der Waals surface area contributed by atoms with Crippen LogP contribution in [0.3, 0.4) is 0 Å². The molecule has 3 N–H and O–H groups in total. The molecular weight excluding hydrogens is 164 g/mol. The zero-order valence-corrected chi connectivity index (χ0v) is 6.36. The van der Waals surface area contributed by atoms with E-state index in [1.807, 2.05) is 0 Å². The van der Waals surface area contributed by atoms with Gasteiger partial charge in [0.2, 0.25) is 5.91 Å². The molecule has 0 aromatic carbocycles. The predicted molar refractivity (Wildman–Crippen MR) is 38.6 cm³/mol. The number of rotatable bonds is 1. The number of nitrogens with one attached hydrogen (secondary N) is 1. The fourth-order valence-electron chi connectivity index (χ4n) is 1.07. The minimum atomic E-state index is -1.14. The molecule has 1 unspecified atom stereocenters. The Morgan fingerprint density at radius 3 is 2.92 bits per heavy atom. The quantitative estimate of drug-likeness (QED) is 0.449. The number of hydrogen-bond donors (Lipinski definition) is 3. The third kappa shape index (κ3) is 1.85. The largest absolute Gasteiger partial charge is 0.465 e. The van der Waals surface area contributed by atoms with Gasteiger partial charge in [0.15, 0.2) is 0 Å². The van der Waals surface area contributed by atoms with E-state index in [0.29, 0.717) is 0 Å². The Balaban J connectivity index is 2.56. The van der Waals surface area contributed by atoms with Crippen LogP contribution in [0, 0.1) is 0 Å². The maximum absolute atomic E-state index is 10.8. The number of carbonyl (C=O) groups is 2. The minimum Gasteiger partial charge on any atom is -0.465 e. The summed E-state index contributed by atoms with van der Waals surface area (Å²) in [6.07, 6.45) is -1.14. The number of carboxylic acid groups (broad SMARTS) is 1. The van der Waals surface area contributed by atoms with Gasteiger partial charge in [-0.15, -0.1) is 0 Å². The van der Waals surface area contributed by atoms with E-state index in [0.717, 1.165) is 4.90 Å². The number of piperazine rings is 1. The molecular formula is C6H10N2O4. The van der Waals surface area contributed by atoms with Crippen LogP contribution in [-0.4, -0.2) is 52.9 Å². The lowest BCUT2D eigenvalue weighted by atomic mass is 10.2. The second-order valence-electron chi connectivity index (χ2n) is 2.61. The molecule has 68 valence electrons. The van der Waals surface area contributed by atoms with E-state index in [-0.39, 0.29) is 25.6 Å². The normalized spacial score (nSPS) is 23.6. The summed E-state index contributed by atoms with van der Waals surface area (Å²) >= 11 is 0. The highest BCUT2D eigenvalue weighted by molar-refractivity contribution is 5.83. The highest BCUT2D eigenvalue weighted by Crippen LogP contribution is 1.99. The minimum absolute atomic E-state index is 0.147.